The molecule has 1 aromatic carbocycles. The first-order valence-electron chi connectivity index (χ1n) is 10.9. The molecule has 164 valence electrons. The summed E-state index contributed by atoms with van der Waals surface area (Å²) < 4.78 is 2.25. The Morgan fingerprint density at radius 2 is 1.81 bits per heavy atom. The normalized spacial score (nSPS) is 30.4. The molecule has 1 aliphatic heterocycles. The van der Waals surface area contributed by atoms with Crippen molar-refractivity contribution in [2.75, 3.05) is 11.4 Å². The van der Waals surface area contributed by atoms with E-state index in [0.29, 0.717) is 18.0 Å². The van der Waals surface area contributed by atoms with Gasteiger partial charge in [0.1, 0.15) is 11.6 Å². The van der Waals surface area contributed by atoms with Gasteiger partial charge in [0.2, 0.25) is 0 Å². The van der Waals surface area contributed by atoms with Crippen LogP contribution in [0.15, 0.2) is 36.5 Å². The Hall–Kier alpha value is -2.98. The average Bonchev–Trinajstić information content (AvgIpc) is 3.16. The molecular formula is C24H33N7. The van der Waals surface area contributed by atoms with Gasteiger partial charge in [-0.2, -0.15) is 5.26 Å². The fraction of sp³-hybridized carbons (Fsp3) is 0.500. The number of nitrogens with zero attached hydrogens (tertiary/aromatic N) is 5. The van der Waals surface area contributed by atoms with E-state index in [9.17, 15) is 0 Å². The number of nitrogens with two attached hydrogens (primary N) is 1. The lowest BCUT2D eigenvalue weighted by molar-refractivity contribution is 0.226. The summed E-state index contributed by atoms with van der Waals surface area (Å²) in [7, 11) is 0. The second-order valence-electron chi connectivity index (χ2n) is 8.81. The fourth-order valence-electron chi connectivity index (χ4n) is 4.55. The summed E-state index contributed by atoms with van der Waals surface area (Å²) in [6.45, 7) is 11.5. The van der Waals surface area contributed by atoms with Gasteiger partial charge in [-0.25, -0.2) is 0 Å². The number of nitrogens with one attached hydrogen (secondary N) is 1. The van der Waals surface area contributed by atoms with Crippen molar-refractivity contribution in [3.05, 3.63) is 53.8 Å². The summed E-state index contributed by atoms with van der Waals surface area (Å²) in [5.74, 6) is 2.42. The molecule has 5 unspecified atom stereocenters. The Labute approximate surface area is 185 Å². The molecule has 7 heteroatoms. The summed E-state index contributed by atoms with van der Waals surface area (Å²) in [5, 5.41) is 26.1. The molecule has 0 aliphatic carbocycles. The molecule has 1 aromatic heterocycles. The van der Waals surface area contributed by atoms with Crippen molar-refractivity contribution in [1.82, 2.24) is 14.8 Å². The Morgan fingerprint density at radius 3 is 2.42 bits per heavy atom. The van der Waals surface area contributed by atoms with Gasteiger partial charge in [-0.3, -0.25) is 0 Å². The lowest BCUT2D eigenvalue weighted by Crippen LogP contribution is -2.39. The molecular weight excluding hydrogens is 386 g/mol. The molecule has 3 rings (SSSR count). The van der Waals surface area contributed by atoms with Gasteiger partial charge in [-0.1, -0.05) is 26.8 Å². The van der Waals surface area contributed by atoms with E-state index < -0.39 is 0 Å². The maximum Gasteiger partial charge on any atom is 0.137 e. The van der Waals surface area contributed by atoms with Gasteiger partial charge in [0, 0.05) is 48.6 Å². The highest BCUT2D eigenvalue weighted by atomic mass is 15.3. The average molecular weight is 420 g/mol. The van der Waals surface area contributed by atoms with E-state index in [4.69, 9.17) is 16.4 Å². The minimum absolute atomic E-state index is 0.0754. The zero-order chi connectivity index (χ0) is 22.7. The zero-order valence-electron chi connectivity index (χ0n) is 19.0. The first kappa shape index (κ1) is 22.7. The van der Waals surface area contributed by atoms with E-state index in [-0.39, 0.29) is 29.8 Å². The highest BCUT2D eigenvalue weighted by Crippen LogP contribution is 2.34. The number of hydrogen-bond donors (Lipinski definition) is 2. The van der Waals surface area contributed by atoms with Gasteiger partial charge in [-0.05, 0) is 49.9 Å². The predicted molar refractivity (Wildman–Crippen MR) is 124 cm³/mol. The van der Waals surface area contributed by atoms with Crippen LogP contribution in [-0.2, 0) is 0 Å². The number of aromatic nitrogens is 3. The van der Waals surface area contributed by atoms with Crippen LogP contribution in [-0.4, -0.2) is 33.6 Å². The number of anilines is 1. The van der Waals surface area contributed by atoms with E-state index >= 15 is 0 Å². The fourth-order valence-corrected chi connectivity index (χ4v) is 4.55. The van der Waals surface area contributed by atoms with Crippen LogP contribution in [0, 0.1) is 41.4 Å². The molecule has 31 heavy (non-hydrogen) atoms. The second-order valence-corrected chi connectivity index (χ2v) is 8.81. The van der Waals surface area contributed by atoms with Gasteiger partial charge < -0.3 is 20.6 Å². The van der Waals surface area contributed by atoms with E-state index in [2.05, 4.69) is 53.4 Å². The van der Waals surface area contributed by atoms with E-state index in [0.717, 1.165) is 17.3 Å². The van der Waals surface area contributed by atoms with Crippen LogP contribution in [0.3, 0.4) is 0 Å². The predicted octanol–water partition coefficient (Wildman–Crippen LogP) is 4.02. The number of benzene rings is 1. The van der Waals surface area contributed by atoms with E-state index in [1.54, 1.807) is 0 Å². The second kappa shape index (κ2) is 9.44. The van der Waals surface area contributed by atoms with Crippen molar-refractivity contribution in [2.45, 2.75) is 52.6 Å². The van der Waals surface area contributed by atoms with Crippen LogP contribution in [0.1, 0.15) is 56.9 Å². The number of fused-ring (bicyclic) bond motifs is 1. The van der Waals surface area contributed by atoms with Crippen molar-refractivity contribution in [3.63, 3.8) is 0 Å². The van der Waals surface area contributed by atoms with Crippen molar-refractivity contribution in [1.29, 1.82) is 10.7 Å². The summed E-state index contributed by atoms with van der Waals surface area (Å²) in [6.07, 6.45) is 5.49. The van der Waals surface area contributed by atoms with Gasteiger partial charge in [0.05, 0.1) is 11.6 Å². The molecule has 0 saturated carbocycles. The minimum atomic E-state index is -0.265. The molecule has 0 bridgehead atoms. The lowest BCUT2D eigenvalue weighted by atomic mass is 9.77. The highest BCUT2D eigenvalue weighted by molar-refractivity contribution is 5.59. The SMILES string of the molecule is Cc1nnc2n1C(C)C(C)C(C)[C@H](C=N)C(N)/C=C/N(c1ccc(C#N)cc1)CC2C. The summed E-state index contributed by atoms with van der Waals surface area (Å²) in [5.41, 5.74) is 8.16. The molecule has 3 N–H and O–H groups in total. The zero-order valence-corrected chi connectivity index (χ0v) is 19.0. The third-order valence-corrected chi connectivity index (χ3v) is 6.86. The molecule has 0 amide bonds. The first-order valence-corrected chi connectivity index (χ1v) is 10.9. The quantitative estimate of drug-likeness (QED) is 0.715. The van der Waals surface area contributed by atoms with Crippen molar-refractivity contribution >= 4 is 11.9 Å². The Balaban J connectivity index is 2.09. The van der Waals surface area contributed by atoms with Gasteiger partial charge in [0.15, 0.2) is 0 Å². The molecule has 0 saturated heterocycles. The molecule has 2 aromatic rings. The molecule has 0 radical (unpaired) electrons. The van der Waals surface area contributed by atoms with Crippen molar-refractivity contribution in [2.24, 2.45) is 23.5 Å². The molecule has 1 aliphatic rings. The molecule has 6 atom stereocenters. The lowest BCUT2D eigenvalue weighted by Gasteiger charge is -2.35. The van der Waals surface area contributed by atoms with Crippen LogP contribution < -0.4 is 10.6 Å². The largest absolute Gasteiger partial charge is 0.348 e. The van der Waals surface area contributed by atoms with Crippen LogP contribution in [0.4, 0.5) is 5.69 Å². The standard InChI is InChI=1S/C24H33N7/c1-15-14-30(21-8-6-20(12-25)7-9-21)11-10-23(27)22(13-26)17(3)16(2)18(4)31-19(5)28-29-24(15)31/h6-11,13,15-18,22-23,26H,14,27H2,1-5H3/b11-10+,26-13?/t15?,16?,17?,18?,22-,23?/m0/s1. The van der Waals surface area contributed by atoms with Crippen molar-refractivity contribution in [3.8, 4) is 6.07 Å². The third kappa shape index (κ3) is 4.54. The van der Waals surface area contributed by atoms with Gasteiger partial charge in [0.25, 0.3) is 0 Å². The molecule has 0 fully saturated rings. The Bertz CT molecular complexity index is 969. The van der Waals surface area contributed by atoms with Crippen LogP contribution in [0.5, 0.6) is 0 Å². The minimum Gasteiger partial charge on any atom is -0.348 e. The van der Waals surface area contributed by atoms with Crippen molar-refractivity contribution < 1.29 is 0 Å². The monoisotopic (exact) mass is 419 g/mol. The Kier molecular flexibility index (Phi) is 6.91. The molecule has 2 heterocycles. The highest BCUT2D eigenvalue weighted by Gasteiger charge is 2.32. The van der Waals surface area contributed by atoms with Crippen LogP contribution in [0.25, 0.3) is 0 Å². The maximum atomic E-state index is 9.13. The Morgan fingerprint density at radius 1 is 1.13 bits per heavy atom. The smallest absolute Gasteiger partial charge is 0.137 e. The van der Waals surface area contributed by atoms with Crippen LogP contribution in [0.2, 0.25) is 0 Å². The molecule has 0 spiro atoms. The topological polar surface area (TPSA) is 108 Å². The van der Waals surface area contributed by atoms with E-state index in [1.165, 1.54) is 6.21 Å². The van der Waals surface area contributed by atoms with Gasteiger partial charge >= 0.3 is 0 Å². The summed E-state index contributed by atoms with van der Waals surface area (Å²) >= 11 is 0. The molecule has 7 nitrogen and oxygen atoms in total. The number of hydrogen-bond acceptors (Lipinski definition) is 6. The summed E-state index contributed by atoms with van der Waals surface area (Å²) in [6, 6.07) is 9.63. The number of nitriles is 1. The van der Waals surface area contributed by atoms with E-state index in [1.807, 2.05) is 43.5 Å². The summed E-state index contributed by atoms with van der Waals surface area (Å²) in [4.78, 5) is 2.14. The first-order chi connectivity index (χ1) is 14.8. The number of rotatable bonds is 2. The maximum absolute atomic E-state index is 9.13. The third-order valence-electron chi connectivity index (χ3n) is 6.86. The van der Waals surface area contributed by atoms with Gasteiger partial charge in [-0.15, -0.1) is 10.2 Å². The number of aryl methyl sites for hydroxylation is 1. The van der Waals surface area contributed by atoms with Crippen LogP contribution >= 0.6 is 0 Å².